The second-order valence-electron chi connectivity index (χ2n) is 3.19. The molecule has 0 radical (unpaired) electrons. The second-order valence-corrected chi connectivity index (χ2v) is 3.19. The highest BCUT2D eigenvalue weighted by atomic mass is 16.3. The summed E-state index contributed by atoms with van der Waals surface area (Å²) < 4.78 is 0. The van der Waals surface area contributed by atoms with Gasteiger partial charge in [-0.2, -0.15) is 5.10 Å². The first-order valence-electron chi connectivity index (χ1n) is 4.47. The van der Waals surface area contributed by atoms with Gasteiger partial charge < -0.3 is 5.11 Å². The first-order chi connectivity index (χ1) is 6.59. The minimum atomic E-state index is -0.396. The molecular weight excluding hydrogens is 180 g/mol. The van der Waals surface area contributed by atoms with Crippen LogP contribution in [0.25, 0.3) is 0 Å². The van der Waals surface area contributed by atoms with Crippen LogP contribution in [0.2, 0.25) is 0 Å². The van der Waals surface area contributed by atoms with E-state index in [9.17, 15) is 9.90 Å². The van der Waals surface area contributed by atoms with Crippen molar-refractivity contribution in [3.63, 3.8) is 0 Å². The third-order valence-corrected chi connectivity index (χ3v) is 1.88. The fourth-order valence-electron chi connectivity index (χ4n) is 1.10. The summed E-state index contributed by atoms with van der Waals surface area (Å²) in [6.45, 7) is 3.22. The molecule has 2 N–H and O–H groups in total. The number of carbonyl (C=O) groups excluding carboxylic acids is 1. The molecule has 1 rings (SSSR count). The number of nitrogens with one attached hydrogen (secondary N) is 1. The van der Waals surface area contributed by atoms with Crippen molar-refractivity contribution >= 4 is 11.6 Å². The Bertz CT molecular complexity index is 316. The maximum absolute atomic E-state index is 10.6. The molecule has 4 heteroatoms. The lowest BCUT2D eigenvalue weighted by atomic mass is 10.0. The van der Waals surface area contributed by atoms with Crippen LogP contribution in [-0.2, 0) is 4.79 Å². The summed E-state index contributed by atoms with van der Waals surface area (Å²) in [5, 5.41) is 13.1. The molecule has 14 heavy (non-hydrogen) atoms. The van der Waals surface area contributed by atoms with Crippen molar-refractivity contribution in [2.45, 2.75) is 26.4 Å². The monoisotopic (exact) mass is 194 g/mol. The van der Waals surface area contributed by atoms with Crippen molar-refractivity contribution in [1.82, 2.24) is 5.43 Å². The SMILES string of the molecule is CC(=O)N/N=C(\C)C1=CCC(O)C=C1. The van der Waals surface area contributed by atoms with Gasteiger partial charge >= 0.3 is 0 Å². The topological polar surface area (TPSA) is 61.7 Å². The van der Waals surface area contributed by atoms with Crippen molar-refractivity contribution in [2.75, 3.05) is 0 Å². The molecule has 4 nitrogen and oxygen atoms in total. The number of hydrazone groups is 1. The summed E-state index contributed by atoms with van der Waals surface area (Å²) in [6.07, 6.45) is 5.61. The smallest absolute Gasteiger partial charge is 0.236 e. The maximum Gasteiger partial charge on any atom is 0.236 e. The van der Waals surface area contributed by atoms with Crippen LogP contribution in [0.1, 0.15) is 20.3 Å². The number of hydrogen-bond acceptors (Lipinski definition) is 3. The average Bonchev–Trinajstić information content (AvgIpc) is 2.15. The largest absolute Gasteiger partial charge is 0.389 e. The van der Waals surface area contributed by atoms with Crippen LogP contribution in [-0.4, -0.2) is 22.8 Å². The molecule has 1 aliphatic carbocycles. The number of amides is 1. The van der Waals surface area contributed by atoms with Crippen molar-refractivity contribution < 1.29 is 9.90 Å². The zero-order valence-corrected chi connectivity index (χ0v) is 8.32. The lowest BCUT2D eigenvalue weighted by molar-refractivity contribution is -0.118. The first kappa shape index (κ1) is 10.7. The van der Waals surface area contributed by atoms with E-state index in [2.05, 4.69) is 10.5 Å². The molecule has 0 fully saturated rings. The van der Waals surface area contributed by atoms with Crippen LogP contribution >= 0.6 is 0 Å². The highest BCUT2D eigenvalue weighted by Gasteiger charge is 2.06. The molecule has 0 aromatic carbocycles. The van der Waals surface area contributed by atoms with Gasteiger partial charge in [0.25, 0.3) is 0 Å². The lowest BCUT2D eigenvalue weighted by Gasteiger charge is -2.10. The van der Waals surface area contributed by atoms with E-state index >= 15 is 0 Å². The van der Waals surface area contributed by atoms with Crippen molar-refractivity contribution in [3.8, 4) is 0 Å². The number of allylic oxidation sites excluding steroid dienone is 2. The van der Waals surface area contributed by atoms with Crippen LogP contribution in [0.5, 0.6) is 0 Å². The van der Waals surface area contributed by atoms with E-state index in [-0.39, 0.29) is 5.91 Å². The van der Waals surface area contributed by atoms with E-state index in [1.165, 1.54) is 6.92 Å². The zero-order chi connectivity index (χ0) is 10.6. The Hall–Kier alpha value is -1.42. The number of nitrogens with zero attached hydrogens (tertiary/aromatic N) is 1. The Balaban J connectivity index is 2.62. The Morgan fingerprint density at radius 2 is 2.36 bits per heavy atom. The lowest BCUT2D eigenvalue weighted by Crippen LogP contribution is -2.16. The number of rotatable bonds is 2. The second kappa shape index (κ2) is 4.72. The third kappa shape index (κ3) is 3.14. The number of aliphatic hydroxyl groups excluding tert-OH is 1. The molecule has 0 aromatic heterocycles. The zero-order valence-electron chi connectivity index (χ0n) is 8.32. The number of carbonyl (C=O) groups is 1. The summed E-state index contributed by atoms with van der Waals surface area (Å²) in [5.74, 6) is -0.190. The third-order valence-electron chi connectivity index (χ3n) is 1.88. The Kier molecular flexibility index (Phi) is 3.59. The number of aliphatic hydroxyl groups is 1. The Morgan fingerprint density at radius 1 is 1.64 bits per heavy atom. The van der Waals surface area contributed by atoms with Gasteiger partial charge in [-0.15, -0.1) is 0 Å². The van der Waals surface area contributed by atoms with Gasteiger partial charge in [0.2, 0.25) is 5.91 Å². The fourth-order valence-corrected chi connectivity index (χ4v) is 1.10. The Labute approximate surface area is 83.0 Å². The number of hydrogen-bond donors (Lipinski definition) is 2. The predicted octanol–water partition coefficient (Wildman–Crippen LogP) is 0.746. The van der Waals surface area contributed by atoms with Gasteiger partial charge in [-0.3, -0.25) is 4.79 Å². The highest BCUT2D eigenvalue weighted by molar-refractivity contribution is 6.01. The normalized spacial score (nSPS) is 21.8. The van der Waals surface area contributed by atoms with E-state index in [1.807, 2.05) is 13.0 Å². The van der Waals surface area contributed by atoms with Crippen LogP contribution in [0.15, 0.2) is 28.9 Å². The van der Waals surface area contributed by atoms with Gasteiger partial charge in [-0.1, -0.05) is 18.2 Å². The van der Waals surface area contributed by atoms with Gasteiger partial charge in [0.1, 0.15) is 0 Å². The molecule has 1 unspecified atom stereocenters. The quantitative estimate of drug-likeness (QED) is 0.503. The maximum atomic E-state index is 10.6. The van der Waals surface area contributed by atoms with Crippen LogP contribution in [0.3, 0.4) is 0 Å². The highest BCUT2D eigenvalue weighted by Crippen LogP contribution is 2.11. The van der Waals surface area contributed by atoms with E-state index in [4.69, 9.17) is 0 Å². The fraction of sp³-hybridized carbons (Fsp3) is 0.400. The van der Waals surface area contributed by atoms with Gasteiger partial charge in [0, 0.05) is 6.92 Å². The molecule has 1 aliphatic rings. The molecule has 1 atom stereocenters. The molecule has 0 spiro atoms. The Morgan fingerprint density at radius 3 is 2.86 bits per heavy atom. The molecule has 0 heterocycles. The molecular formula is C10H14N2O2. The molecule has 0 aromatic rings. The first-order valence-corrected chi connectivity index (χ1v) is 4.47. The van der Waals surface area contributed by atoms with E-state index in [1.54, 1.807) is 12.2 Å². The summed E-state index contributed by atoms with van der Waals surface area (Å²) >= 11 is 0. The molecule has 76 valence electrons. The van der Waals surface area contributed by atoms with Crippen molar-refractivity contribution in [3.05, 3.63) is 23.8 Å². The minimum absolute atomic E-state index is 0.190. The molecule has 0 bridgehead atoms. The summed E-state index contributed by atoms with van der Waals surface area (Å²) in [6, 6.07) is 0. The predicted molar refractivity (Wildman–Crippen MR) is 54.8 cm³/mol. The average molecular weight is 194 g/mol. The van der Waals surface area contributed by atoms with E-state index in [0.29, 0.717) is 6.42 Å². The molecule has 0 saturated carbocycles. The van der Waals surface area contributed by atoms with E-state index < -0.39 is 6.10 Å². The molecule has 1 amide bonds. The van der Waals surface area contributed by atoms with Gasteiger partial charge in [-0.25, -0.2) is 5.43 Å². The minimum Gasteiger partial charge on any atom is -0.389 e. The molecule has 0 aliphatic heterocycles. The summed E-state index contributed by atoms with van der Waals surface area (Å²) in [5.41, 5.74) is 4.04. The van der Waals surface area contributed by atoms with Crippen molar-refractivity contribution in [2.24, 2.45) is 5.10 Å². The van der Waals surface area contributed by atoms with Gasteiger partial charge in [-0.05, 0) is 18.9 Å². The standard InChI is InChI=1S/C10H14N2O2/c1-7(11-12-8(2)13)9-3-5-10(14)6-4-9/h3-5,10,14H,6H2,1-2H3,(H,12,13)/b11-7+. The van der Waals surface area contributed by atoms with Crippen LogP contribution in [0, 0.1) is 0 Å². The molecule has 0 saturated heterocycles. The van der Waals surface area contributed by atoms with Gasteiger partial charge in [0.05, 0.1) is 11.8 Å². The van der Waals surface area contributed by atoms with Crippen LogP contribution in [0.4, 0.5) is 0 Å². The van der Waals surface area contributed by atoms with Gasteiger partial charge in [0.15, 0.2) is 0 Å². The van der Waals surface area contributed by atoms with E-state index in [0.717, 1.165) is 11.3 Å². The van der Waals surface area contributed by atoms with Crippen molar-refractivity contribution in [1.29, 1.82) is 0 Å². The summed E-state index contributed by atoms with van der Waals surface area (Å²) in [4.78, 5) is 10.6. The van der Waals surface area contributed by atoms with Crippen LogP contribution < -0.4 is 5.43 Å². The summed E-state index contributed by atoms with van der Waals surface area (Å²) in [7, 11) is 0.